The molecule has 0 radical (unpaired) electrons. The van der Waals surface area contributed by atoms with Crippen molar-refractivity contribution in [1.29, 1.82) is 0 Å². The molecule has 0 fully saturated rings. The first-order valence-corrected chi connectivity index (χ1v) is 4.18. The van der Waals surface area contributed by atoms with Gasteiger partial charge in [0.05, 0.1) is 0 Å². The lowest BCUT2D eigenvalue weighted by Gasteiger charge is -2.01. The van der Waals surface area contributed by atoms with Gasteiger partial charge in [0.25, 0.3) is 0 Å². The molecule has 5 nitrogen and oxygen atoms in total. The van der Waals surface area contributed by atoms with Crippen molar-refractivity contribution in [3.8, 4) is 11.4 Å². The predicted molar refractivity (Wildman–Crippen MR) is 54.0 cm³/mol. The fourth-order valence-corrected chi connectivity index (χ4v) is 1.14. The minimum absolute atomic E-state index is 0.0434. The van der Waals surface area contributed by atoms with E-state index in [1.807, 2.05) is 0 Å². The highest BCUT2D eigenvalue weighted by Crippen LogP contribution is 2.16. The molecule has 76 valence electrons. The van der Waals surface area contributed by atoms with Crippen molar-refractivity contribution in [2.24, 2.45) is 0 Å². The van der Waals surface area contributed by atoms with Gasteiger partial charge in [0.1, 0.15) is 5.82 Å². The van der Waals surface area contributed by atoms with Crippen molar-refractivity contribution >= 4 is 11.9 Å². The number of hydrogen-bond acceptors (Lipinski definition) is 5. The summed E-state index contributed by atoms with van der Waals surface area (Å²) in [5, 5.41) is 0. The lowest BCUT2D eigenvalue weighted by Crippen LogP contribution is -2.04. The SMILES string of the molecule is Nc1nc(N)nc(-c2ccc(F)cc2)n1. The number of aromatic nitrogens is 3. The number of hydrogen-bond donors (Lipinski definition) is 2. The average molecular weight is 205 g/mol. The quantitative estimate of drug-likeness (QED) is 0.719. The van der Waals surface area contributed by atoms with Crippen LogP contribution < -0.4 is 11.5 Å². The first kappa shape index (κ1) is 9.32. The Hall–Kier alpha value is -2.24. The molecule has 0 bridgehead atoms. The van der Waals surface area contributed by atoms with Crippen molar-refractivity contribution < 1.29 is 4.39 Å². The molecule has 4 N–H and O–H groups in total. The molecule has 2 aromatic rings. The van der Waals surface area contributed by atoms with E-state index < -0.39 is 0 Å². The lowest BCUT2D eigenvalue weighted by molar-refractivity contribution is 0.628. The van der Waals surface area contributed by atoms with Gasteiger partial charge < -0.3 is 11.5 Å². The third-order valence-corrected chi connectivity index (χ3v) is 1.77. The molecule has 0 aliphatic carbocycles. The first-order valence-electron chi connectivity index (χ1n) is 4.18. The zero-order valence-corrected chi connectivity index (χ0v) is 7.68. The van der Waals surface area contributed by atoms with Gasteiger partial charge in [-0.3, -0.25) is 0 Å². The van der Waals surface area contributed by atoms with Gasteiger partial charge in [-0.15, -0.1) is 0 Å². The zero-order valence-electron chi connectivity index (χ0n) is 7.68. The van der Waals surface area contributed by atoms with Gasteiger partial charge in [-0.25, -0.2) is 4.39 Å². The van der Waals surface area contributed by atoms with Crippen LogP contribution in [0.3, 0.4) is 0 Å². The van der Waals surface area contributed by atoms with E-state index in [-0.39, 0.29) is 17.7 Å². The van der Waals surface area contributed by atoms with Crippen molar-refractivity contribution in [1.82, 2.24) is 15.0 Å². The smallest absolute Gasteiger partial charge is 0.225 e. The number of anilines is 2. The van der Waals surface area contributed by atoms with Gasteiger partial charge in [0.15, 0.2) is 5.82 Å². The van der Waals surface area contributed by atoms with Crippen LogP contribution in [0.1, 0.15) is 0 Å². The highest BCUT2D eigenvalue weighted by atomic mass is 19.1. The van der Waals surface area contributed by atoms with Crippen LogP contribution in [-0.2, 0) is 0 Å². The minimum Gasteiger partial charge on any atom is -0.368 e. The van der Waals surface area contributed by atoms with Crippen LogP contribution >= 0.6 is 0 Å². The standard InChI is InChI=1S/C9H8FN5/c10-6-3-1-5(2-4-6)7-13-8(11)15-9(12)14-7/h1-4H,(H4,11,12,13,14,15). The number of nitrogens with two attached hydrogens (primary N) is 2. The fourth-order valence-electron chi connectivity index (χ4n) is 1.14. The maximum Gasteiger partial charge on any atom is 0.225 e. The monoisotopic (exact) mass is 205 g/mol. The maximum absolute atomic E-state index is 12.7. The topological polar surface area (TPSA) is 90.7 Å². The molecule has 0 atom stereocenters. The third-order valence-electron chi connectivity index (χ3n) is 1.77. The summed E-state index contributed by atoms with van der Waals surface area (Å²) in [6, 6.07) is 5.71. The molecule has 0 spiro atoms. The summed E-state index contributed by atoms with van der Waals surface area (Å²) in [6.45, 7) is 0. The predicted octanol–water partition coefficient (Wildman–Crippen LogP) is 0.842. The second kappa shape index (κ2) is 3.49. The number of benzene rings is 1. The summed E-state index contributed by atoms with van der Waals surface area (Å²) in [5.41, 5.74) is 11.5. The first-order chi connectivity index (χ1) is 7.15. The van der Waals surface area contributed by atoms with Crippen LogP contribution in [0.4, 0.5) is 16.3 Å². The van der Waals surface area contributed by atoms with E-state index in [1.54, 1.807) is 12.1 Å². The molecule has 1 aromatic carbocycles. The number of nitrogen functional groups attached to an aromatic ring is 2. The Balaban J connectivity index is 2.49. The van der Waals surface area contributed by atoms with E-state index >= 15 is 0 Å². The Bertz CT molecular complexity index is 462. The molecule has 0 aliphatic rings. The summed E-state index contributed by atoms with van der Waals surface area (Å²) in [4.78, 5) is 11.4. The van der Waals surface area contributed by atoms with E-state index in [9.17, 15) is 4.39 Å². The summed E-state index contributed by atoms with van der Waals surface area (Å²) in [6.07, 6.45) is 0. The van der Waals surface area contributed by atoms with E-state index in [2.05, 4.69) is 15.0 Å². The Morgan fingerprint density at radius 1 is 0.867 bits per heavy atom. The van der Waals surface area contributed by atoms with E-state index in [4.69, 9.17) is 11.5 Å². The molecule has 0 amide bonds. The van der Waals surface area contributed by atoms with Crippen LogP contribution in [0, 0.1) is 5.82 Å². The highest BCUT2D eigenvalue weighted by Gasteiger charge is 2.04. The largest absolute Gasteiger partial charge is 0.368 e. The number of halogens is 1. The summed E-state index contributed by atoms with van der Waals surface area (Å²) >= 11 is 0. The Kier molecular flexibility index (Phi) is 2.17. The second-order valence-corrected chi connectivity index (χ2v) is 2.88. The van der Waals surface area contributed by atoms with Crippen molar-refractivity contribution in [2.45, 2.75) is 0 Å². The molecule has 1 aromatic heterocycles. The highest BCUT2D eigenvalue weighted by molar-refractivity contribution is 5.56. The van der Waals surface area contributed by atoms with E-state index in [0.29, 0.717) is 11.4 Å². The molecule has 2 rings (SSSR count). The van der Waals surface area contributed by atoms with E-state index in [0.717, 1.165) is 0 Å². The molecular weight excluding hydrogens is 197 g/mol. The fraction of sp³-hybridized carbons (Fsp3) is 0. The normalized spacial score (nSPS) is 10.2. The lowest BCUT2D eigenvalue weighted by atomic mass is 10.2. The maximum atomic E-state index is 12.7. The Morgan fingerprint density at radius 3 is 1.93 bits per heavy atom. The summed E-state index contributed by atoms with van der Waals surface area (Å²) in [7, 11) is 0. The molecular formula is C9H8FN5. The molecule has 6 heteroatoms. The zero-order chi connectivity index (χ0) is 10.8. The minimum atomic E-state index is -0.325. The van der Waals surface area contributed by atoms with Crippen LogP contribution in [0.15, 0.2) is 24.3 Å². The van der Waals surface area contributed by atoms with Gasteiger partial charge in [0.2, 0.25) is 11.9 Å². The molecule has 0 saturated carbocycles. The van der Waals surface area contributed by atoms with Gasteiger partial charge in [-0.05, 0) is 24.3 Å². The summed E-state index contributed by atoms with van der Waals surface area (Å²) in [5.74, 6) is 0.0948. The molecule has 15 heavy (non-hydrogen) atoms. The van der Waals surface area contributed by atoms with Gasteiger partial charge in [-0.2, -0.15) is 15.0 Å². The van der Waals surface area contributed by atoms with Gasteiger partial charge in [0, 0.05) is 5.56 Å². The third kappa shape index (κ3) is 1.98. The van der Waals surface area contributed by atoms with Crippen LogP contribution in [0.2, 0.25) is 0 Å². The van der Waals surface area contributed by atoms with Crippen molar-refractivity contribution in [3.05, 3.63) is 30.1 Å². The van der Waals surface area contributed by atoms with Gasteiger partial charge >= 0.3 is 0 Å². The second-order valence-electron chi connectivity index (χ2n) is 2.88. The molecule has 0 saturated heterocycles. The number of nitrogens with zero attached hydrogens (tertiary/aromatic N) is 3. The van der Waals surface area contributed by atoms with Crippen LogP contribution in [-0.4, -0.2) is 15.0 Å². The number of rotatable bonds is 1. The van der Waals surface area contributed by atoms with Crippen molar-refractivity contribution in [3.63, 3.8) is 0 Å². The van der Waals surface area contributed by atoms with Crippen LogP contribution in [0.5, 0.6) is 0 Å². The molecule has 1 heterocycles. The van der Waals surface area contributed by atoms with Crippen molar-refractivity contribution in [2.75, 3.05) is 11.5 Å². The van der Waals surface area contributed by atoms with Crippen LogP contribution in [0.25, 0.3) is 11.4 Å². The van der Waals surface area contributed by atoms with Gasteiger partial charge in [-0.1, -0.05) is 0 Å². The Morgan fingerprint density at radius 2 is 1.40 bits per heavy atom. The molecule has 0 unspecified atom stereocenters. The average Bonchev–Trinajstić information content (AvgIpc) is 2.17. The van der Waals surface area contributed by atoms with E-state index in [1.165, 1.54) is 12.1 Å². The molecule has 0 aliphatic heterocycles. The summed E-state index contributed by atoms with van der Waals surface area (Å²) < 4.78 is 12.7. The Labute approximate surface area is 85.0 Å².